The third kappa shape index (κ3) is 4.44. The molecule has 1 aliphatic rings. The Hall–Kier alpha value is -3.04. The molecule has 2 N–H and O–H groups in total. The van der Waals surface area contributed by atoms with Crippen molar-refractivity contribution in [2.75, 3.05) is 0 Å². The van der Waals surface area contributed by atoms with Gasteiger partial charge in [0.2, 0.25) is 0 Å². The Morgan fingerprint density at radius 2 is 1.18 bits per heavy atom. The number of amides is 2. The number of carbonyl (C=O) groups excluding carboxylic acids is 2. The van der Waals surface area contributed by atoms with Gasteiger partial charge in [-0.25, -0.2) is 27.5 Å². The maximum absolute atomic E-state index is 13.7. The van der Waals surface area contributed by atoms with Crippen molar-refractivity contribution >= 4 is 11.8 Å². The van der Waals surface area contributed by atoms with Crippen LogP contribution in [0.15, 0.2) is 24.5 Å². The first kappa shape index (κ1) is 19.7. The van der Waals surface area contributed by atoms with Gasteiger partial charge in [0, 0.05) is 24.2 Å². The summed E-state index contributed by atoms with van der Waals surface area (Å²) in [6.45, 7) is 0. The van der Waals surface area contributed by atoms with Crippen molar-refractivity contribution in [2.24, 2.45) is 0 Å². The van der Waals surface area contributed by atoms with Crippen molar-refractivity contribution in [3.63, 3.8) is 0 Å². The summed E-state index contributed by atoms with van der Waals surface area (Å²) in [7, 11) is 0. The van der Waals surface area contributed by atoms with Crippen molar-refractivity contribution in [3.8, 4) is 0 Å². The SMILES string of the molecule is O=C(N[C@@H]1CCCC[C@H]1NC(=O)c1ncc(F)cc1F)c1ncc(F)cc1F. The molecule has 2 aromatic heterocycles. The number of aromatic nitrogens is 2. The molecule has 1 saturated carbocycles. The van der Waals surface area contributed by atoms with E-state index in [4.69, 9.17) is 0 Å². The standard InChI is InChI=1S/C18H16F4N4O2/c19-9-5-11(21)15(23-7-9)17(27)25-13-3-1-2-4-14(13)26-18(28)16-12(22)6-10(20)8-24-16/h5-8,13-14H,1-4H2,(H,25,27)(H,26,28)/t13-,14-/m1/s1. The first-order chi connectivity index (χ1) is 13.3. The van der Waals surface area contributed by atoms with Crippen LogP contribution in [0.1, 0.15) is 46.7 Å². The summed E-state index contributed by atoms with van der Waals surface area (Å²) in [5.74, 6) is -5.74. The molecule has 2 amide bonds. The number of nitrogens with zero attached hydrogens (tertiary/aromatic N) is 2. The maximum Gasteiger partial charge on any atom is 0.273 e. The zero-order valence-corrected chi connectivity index (χ0v) is 14.5. The molecule has 0 aromatic carbocycles. The number of nitrogens with one attached hydrogen (secondary N) is 2. The highest BCUT2D eigenvalue weighted by molar-refractivity contribution is 5.94. The van der Waals surface area contributed by atoms with Gasteiger partial charge in [0.15, 0.2) is 23.0 Å². The summed E-state index contributed by atoms with van der Waals surface area (Å²) in [5, 5.41) is 5.15. The number of halogens is 4. The van der Waals surface area contributed by atoms with Crippen LogP contribution in [0.4, 0.5) is 17.6 Å². The van der Waals surface area contributed by atoms with Crippen LogP contribution in [-0.4, -0.2) is 33.9 Å². The summed E-state index contributed by atoms with van der Waals surface area (Å²) >= 11 is 0. The molecule has 2 heterocycles. The van der Waals surface area contributed by atoms with E-state index in [1.165, 1.54) is 0 Å². The highest BCUT2D eigenvalue weighted by Gasteiger charge is 2.30. The second-order valence-electron chi connectivity index (χ2n) is 6.41. The van der Waals surface area contributed by atoms with Gasteiger partial charge in [-0.1, -0.05) is 12.8 Å². The van der Waals surface area contributed by atoms with Gasteiger partial charge in [-0.15, -0.1) is 0 Å². The Balaban J connectivity index is 1.71. The summed E-state index contributed by atoms with van der Waals surface area (Å²) in [6, 6.07) is -0.0457. The van der Waals surface area contributed by atoms with Crippen LogP contribution in [0.3, 0.4) is 0 Å². The summed E-state index contributed by atoms with van der Waals surface area (Å²) in [4.78, 5) is 31.5. The van der Waals surface area contributed by atoms with E-state index in [0.29, 0.717) is 25.0 Å². The Labute approximate surface area is 157 Å². The molecule has 2 atom stereocenters. The van der Waals surface area contributed by atoms with Crippen LogP contribution in [0, 0.1) is 23.3 Å². The first-order valence-corrected chi connectivity index (χ1v) is 8.59. The van der Waals surface area contributed by atoms with Gasteiger partial charge in [-0.2, -0.15) is 0 Å². The molecular formula is C18H16F4N4O2. The van der Waals surface area contributed by atoms with Gasteiger partial charge >= 0.3 is 0 Å². The molecular weight excluding hydrogens is 380 g/mol. The lowest BCUT2D eigenvalue weighted by atomic mass is 9.90. The van der Waals surface area contributed by atoms with Crippen LogP contribution in [0.2, 0.25) is 0 Å². The molecule has 0 aliphatic heterocycles. The van der Waals surface area contributed by atoms with E-state index < -0.39 is 58.6 Å². The maximum atomic E-state index is 13.7. The van der Waals surface area contributed by atoms with Crippen LogP contribution >= 0.6 is 0 Å². The quantitative estimate of drug-likeness (QED) is 0.778. The number of rotatable bonds is 4. The molecule has 0 unspecified atom stereocenters. The van der Waals surface area contributed by atoms with Crippen molar-refractivity contribution in [3.05, 3.63) is 59.2 Å². The van der Waals surface area contributed by atoms with E-state index in [1.54, 1.807) is 0 Å². The monoisotopic (exact) mass is 396 g/mol. The third-order valence-electron chi connectivity index (χ3n) is 4.44. The fourth-order valence-corrected chi connectivity index (χ4v) is 3.11. The van der Waals surface area contributed by atoms with Gasteiger partial charge < -0.3 is 10.6 Å². The minimum Gasteiger partial charge on any atom is -0.346 e. The highest BCUT2D eigenvalue weighted by atomic mass is 19.1. The van der Waals surface area contributed by atoms with E-state index in [9.17, 15) is 27.2 Å². The van der Waals surface area contributed by atoms with E-state index in [2.05, 4.69) is 20.6 Å². The summed E-state index contributed by atoms with van der Waals surface area (Å²) < 4.78 is 53.4. The van der Waals surface area contributed by atoms with Crippen molar-refractivity contribution < 1.29 is 27.2 Å². The largest absolute Gasteiger partial charge is 0.346 e. The predicted octanol–water partition coefficient (Wildman–Crippen LogP) is 2.50. The molecule has 3 rings (SSSR count). The zero-order chi connectivity index (χ0) is 20.3. The van der Waals surface area contributed by atoms with E-state index in [1.807, 2.05) is 0 Å². The topological polar surface area (TPSA) is 84.0 Å². The lowest BCUT2D eigenvalue weighted by Crippen LogP contribution is -2.53. The summed E-state index contributed by atoms with van der Waals surface area (Å²) in [5.41, 5.74) is -1.13. The van der Waals surface area contributed by atoms with Crippen molar-refractivity contribution in [1.82, 2.24) is 20.6 Å². The average molecular weight is 396 g/mol. The third-order valence-corrected chi connectivity index (χ3v) is 4.44. The molecule has 0 radical (unpaired) electrons. The molecule has 0 bridgehead atoms. The molecule has 0 saturated heterocycles. The van der Waals surface area contributed by atoms with Crippen molar-refractivity contribution in [2.45, 2.75) is 37.8 Å². The van der Waals surface area contributed by atoms with Crippen LogP contribution in [0.5, 0.6) is 0 Å². The van der Waals surface area contributed by atoms with Crippen LogP contribution in [-0.2, 0) is 0 Å². The Bertz CT molecular complexity index is 836. The number of pyridine rings is 2. The lowest BCUT2D eigenvalue weighted by Gasteiger charge is -2.32. The number of hydrogen-bond donors (Lipinski definition) is 2. The molecule has 0 spiro atoms. The fraction of sp³-hybridized carbons (Fsp3) is 0.333. The van der Waals surface area contributed by atoms with E-state index in [-0.39, 0.29) is 0 Å². The van der Waals surface area contributed by atoms with E-state index in [0.717, 1.165) is 25.2 Å². The Morgan fingerprint density at radius 1 is 0.786 bits per heavy atom. The minimum atomic E-state index is -1.11. The Kier molecular flexibility index (Phi) is 5.86. The predicted molar refractivity (Wildman–Crippen MR) is 89.3 cm³/mol. The first-order valence-electron chi connectivity index (χ1n) is 8.59. The number of hydrogen-bond acceptors (Lipinski definition) is 4. The zero-order valence-electron chi connectivity index (χ0n) is 14.5. The summed E-state index contributed by atoms with van der Waals surface area (Å²) in [6.07, 6.45) is 3.92. The number of carbonyl (C=O) groups is 2. The van der Waals surface area contributed by atoms with Crippen LogP contribution < -0.4 is 10.6 Å². The minimum absolute atomic E-state index is 0.485. The normalized spacial score (nSPS) is 19.1. The molecule has 6 nitrogen and oxygen atoms in total. The average Bonchev–Trinajstić information content (AvgIpc) is 2.63. The van der Waals surface area contributed by atoms with Gasteiger partial charge in [0.1, 0.15) is 11.6 Å². The smallest absolute Gasteiger partial charge is 0.273 e. The van der Waals surface area contributed by atoms with Crippen molar-refractivity contribution in [1.29, 1.82) is 0 Å². The van der Waals surface area contributed by atoms with Gasteiger partial charge in [-0.3, -0.25) is 9.59 Å². The highest BCUT2D eigenvalue weighted by Crippen LogP contribution is 2.20. The molecule has 148 valence electrons. The fourth-order valence-electron chi connectivity index (χ4n) is 3.11. The van der Waals surface area contributed by atoms with Gasteiger partial charge in [0.05, 0.1) is 12.4 Å². The van der Waals surface area contributed by atoms with E-state index >= 15 is 0 Å². The lowest BCUT2D eigenvalue weighted by molar-refractivity contribution is 0.0852. The molecule has 2 aromatic rings. The molecule has 1 fully saturated rings. The van der Waals surface area contributed by atoms with Crippen LogP contribution in [0.25, 0.3) is 0 Å². The molecule has 1 aliphatic carbocycles. The van der Waals surface area contributed by atoms with Gasteiger partial charge in [0.25, 0.3) is 11.8 Å². The second-order valence-corrected chi connectivity index (χ2v) is 6.41. The Morgan fingerprint density at radius 3 is 1.54 bits per heavy atom. The molecule has 10 heteroatoms. The second kappa shape index (κ2) is 8.32. The molecule has 28 heavy (non-hydrogen) atoms. The van der Waals surface area contributed by atoms with Gasteiger partial charge in [-0.05, 0) is 12.8 Å².